The monoisotopic (exact) mass is 284 g/mol. The van der Waals surface area contributed by atoms with Gasteiger partial charge >= 0.3 is 0 Å². The SMILES string of the molecule is O=C1[C@@H](OCc2ccccc2)OC[C@@H]2[C@H]1[C@@H]1C=C[C@H]2CC1. The van der Waals surface area contributed by atoms with Gasteiger partial charge in [0.05, 0.1) is 13.2 Å². The van der Waals surface area contributed by atoms with Crippen molar-refractivity contribution in [2.45, 2.75) is 25.7 Å². The predicted octanol–water partition coefficient (Wildman–Crippen LogP) is 2.96. The molecule has 4 aliphatic rings. The van der Waals surface area contributed by atoms with Crippen molar-refractivity contribution >= 4 is 5.78 Å². The normalized spacial score (nSPS) is 37.5. The van der Waals surface area contributed by atoms with Crippen molar-refractivity contribution < 1.29 is 14.3 Å². The molecule has 1 saturated carbocycles. The molecule has 1 aliphatic heterocycles. The number of ether oxygens (including phenoxy) is 2. The smallest absolute Gasteiger partial charge is 0.218 e. The van der Waals surface area contributed by atoms with Gasteiger partial charge in [0.25, 0.3) is 0 Å². The van der Waals surface area contributed by atoms with Gasteiger partial charge in [0.1, 0.15) is 0 Å². The number of carbonyl (C=O) groups is 1. The Balaban J connectivity index is 1.44. The Kier molecular flexibility index (Phi) is 3.40. The Bertz CT molecular complexity index is 551. The number of benzene rings is 1. The van der Waals surface area contributed by atoms with Crippen LogP contribution in [-0.4, -0.2) is 18.7 Å². The van der Waals surface area contributed by atoms with Crippen LogP contribution in [0, 0.1) is 23.7 Å². The summed E-state index contributed by atoms with van der Waals surface area (Å²) in [6, 6.07) is 9.93. The van der Waals surface area contributed by atoms with Gasteiger partial charge in [-0.3, -0.25) is 4.79 Å². The average molecular weight is 284 g/mol. The molecule has 0 unspecified atom stereocenters. The standard InChI is InChI=1S/C18H20O3/c19-17-16-14-8-6-13(7-9-14)15(16)11-21-18(17)20-10-12-4-2-1-3-5-12/h1-6,8,13-16,18H,7,9-11H2/t13-,14+,15-,16+,18-/m0/s1. The van der Waals surface area contributed by atoms with Crippen LogP contribution in [0.2, 0.25) is 0 Å². The summed E-state index contributed by atoms with van der Waals surface area (Å²) in [6.07, 6.45) is 6.19. The lowest BCUT2D eigenvalue weighted by Gasteiger charge is -2.47. The molecule has 110 valence electrons. The molecule has 3 aliphatic carbocycles. The third kappa shape index (κ3) is 2.34. The van der Waals surface area contributed by atoms with E-state index in [1.807, 2.05) is 30.3 Å². The van der Waals surface area contributed by atoms with Gasteiger partial charge in [-0.1, -0.05) is 42.5 Å². The molecule has 0 radical (unpaired) electrons. The number of hydrogen-bond donors (Lipinski definition) is 0. The number of carbonyl (C=O) groups excluding carboxylic acids is 1. The molecule has 1 aromatic carbocycles. The molecule has 0 aromatic heterocycles. The second-order valence-corrected chi connectivity index (χ2v) is 6.34. The molecular weight excluding hydrogens is 264 g/mol. The van der Waals surface area contributed by atoms with Crippen LogP contribution in [0.4, 0.5) is 0 Å². The second kappa shape index (κ2) is 5.39. The lowest BCUT2D eigenvalue weighted by atomic mass is 9.60. The minimum Gasteiger partial charge on any atom is -0.346 e. The minimum absolute atomic E-state index is 0.114. The summed E-state index contributed by atoms with van der Waals surface area (Å²) in [5.74, 6) is 1.57. The fraction of sp³-hybridized carbons (Fsp3) is 0.500. The lowest BCUT2D eigenvalue weighted by Crippen LogP contribution is -2.52. The minimum atomic E-state index is -0.681. The highest BCUT2D eigenvalue weighted by atomic mass is 16.7. The molecule has 1 heterocycles. The molecule has 5 atom stereocenters. The van der Waals surface area contributed by atoms with E-state index in [2.05, 4.69) is 12.2 Å². The van der Waals surface area contributed by atoms with Crippen LogP contribution in [0.3, 0.4) is 0 Å². The van der Waals surface area contributed by atoms with Gasteiger partial charge in [-0.2, -0.15) is 0 Å². The fourth-order valence-electron chi connectivity index (χ4n) is 4.07. The van der Waals surface area contributed by atoms with Crippen LogP contribution in [-0.2, 0) is 20.9 Å². The fourth-order valence-corrected chi connectivity index (χ4v) is 4.07. The van der Waals surface area contributed by atoms with E-state index in [9.17, 15) is 4.79 Å². The van der Waals surface area contributed by atoms with Gasteiger partial charge < -0.3 is 9.47 Å². The summed E-state index contributed by atoms with van der Waals surface area (Å²) >= 11 is 0. The Hall–Kier alpha value is -1.45. The van der Waals surface area contributed by atoms with Gasteiger partial charge in [-0.25, -0.2) is 0 Å². The largest absolute Gasteiger partial charge is 0.346 e. The number of rotatable bonds is 3. The van der Waals surface area contributed by atoms with Crippen molar-refractivity contribution in [2.24, 2.45) is 23.7 Å². The number of ketones is 1. The van der Waals surface area contributed by atoms with Crippen molar-refractivity contribution in [3.8, 4) is 0 Å². The first kappa shape index (κ1) is 13.2. The molecule has 0 spiro atoms. The Labute approximate surface area is 124 Å². The van der Waals surface area contributed by atoms with Gasteiger partial charge in [-0.15, -0.1) is 0 Å². The summed E-state index contributed by atoms with van der Waals surface area (Å²) in [4.78, 5) is 12.7. The first-order valence-corrected chi connectivity index (χ1v) is 7.82. The summed E-state index contributed by atoms with van der Waals surface area (Å²) < 4.78 is 11.5. The van der Waals surface area contributed by atoms with E-state index in [4.69, 9.17) is 9.47 Å². The third-order valence-electron chi connectivity index (χ3n) is 5.16. The predicted molar refractivity (Wildman–Crippen MR) is 78.3 cm³/mol. The second-order valence-electron chi connectivity index (χ2n) is 6.34. The van der Waals surface area contributed by atoms with Crippen LogP contribution < -0.4 is 0 Å². The highest BCUT2D eigenvalue weighted by molar-refractivity contribution is 5.86. The molecule has 2 fully saturated rings. The van der Waals surface area contributed by atoms with Crippen LogP contribution in [0.25, 0.3) is 0 Å². The number of hydrogen-bond acceptors (Lipinski definition) is 3. The molecule has 5 rings (SSSR count). The maximum absolute atomic E-state index is 12.7. The highest BCUT2D eigenvalue weighted by Gasteiger charge is 2.49. The van der Waals surface area contributed by atoms with Crippen LogP contribution in [0.5, 0.6) is 0 Å². The molecule has 3 heteroatoms. The zero-order valence-electron chi connectivity index (χ0n) is 12.0. The maximum Gasteiger partial charge on any atom is 0.218 e. The number of fused-ring (bicyclic) bond motifs is 1. The third-order valence-corrected chi connectivity index (χ3v) is 5.16. The first-order valence-electron chi connectivity index (χ1n) is 7.82. The number of Topliss-reactive ketones (excluding diaryl/α,β-unsaturated/α-hetero) is 1. The summed E-state index contributed by atoms with van der Waals surface area (Å²) in [5.41, 5.74) is 1.07. The molecule has 21 heavy (non-hydrogen) atoms. The zero-order chi connectivity index (χ0) is 14.2. The van der Waals surface area contributed by atoms with Crippen molar-refractivity contribution in [3.05, 3.63) is 48.0 Å². The molecule has 3 nitrogen and oxygen atoms in total. The van der Waals surface area contributed by atoms with Gasteiger partial charge in [0, 0.05) is 5.92 Å². The number of allylic oxidation sites excluding steroid dienone is 2. The highest BCUT2D eigenvalue weighted by Crippen LogP contribution is 2.47. The lowest BCUT2D eigenvalue weighted by molar-refractivity contribution is -0.206. The van der Waals surface area contributed by atoms with Crippen LogP contribution in [0.1, 0.15) is 18.4 Å². The molecule has 1 aromatic rings. The Morgan fingerprint density at radius 1 is 1.10 bits per heavy atom. The summed E-state index contributed by atoms with van der Waals surface area (Å²) in [6.45, 7) is 1.08. The summed E-state index contributed by atoms with van der Waals surface area (Å²) in [5, 5.41) is 0. The summed E-state index contributed by atoms with van der Waals surface area (Å²) in [7, 11) is 0. The molecule has 0 amide bonds. The average Bonchev–Trinajstić information content (AvgIpc) is 2.56. The Morgan fingerprint density at radius 3 is 2.62 bits per heavy atom. The van der Waals surface area contributed by atoms with E-state index in [1.165, 1.54) is 6.42 Å². The molecule has 0 N–H and O–H groups in total. The van der Waals surface area contributed by atoms with Gasteiger partial charge in [0.15, 0.2) is 5.78 Å². The van der Waals surface area contributed by atoms with Gasteiger partial charge in [-0.05, 0) is 36.2 Å². The molecule has 1 saturated heterocycles. The van der Waals surface area contributed by atoms with E-state index in [-0.39, 0.29) is 11.7 Å². The molecule has 2 bridgehead atoms. The Morgan fingerprint density at radius 2 is 1.86 bits per heavy atom. The van der Waals surface area contributed by atoms with Crippen molar-refractivity contribution in [2.75, 3.05) is 6.61 Å². The van der Waals surface area contributed by atoms with Crippen LogP contribution >= 0.6 is 0 Å². The van der Waals surface area contributed by atoms with E-state index in [1.54, 1.807) is 0 Å². The van der Waals surface area contributed by atoms with Crippen molar-refractivity contribution in [1.82, 2.24) is 0 Å². The van der Waals surface area contributed by atoms with Crippen molar-refractivity contribution in [1.29, 1.82) is 0 Å². The topological polar surface area (TPSA) is 35.5 Å². The van der Waals surface area contributed by atoms with E-state index in [0.717, 1.165) is 12.0 Å². The molecular formula is C18H20O3. The van der Waals surface area contributed by atoms with E-state index in [0.29, 0.717) is 31.0 Å². The quantitative estimate of drug-likeness (QED) is 0.801. The maximum atomic E-state index is 12.7. The van der Waals surface area contributed by atoms with Crippen LogP contribution in [0.15, 0.2) is 42.5 Å². The van der Waals surface area contributed by atoms with Crippen molar-refractivity contribution in [3.63, 3.8) is 0 Å². The first-order chi connectivity index (χ1) is 10.3. The zero-order valence-corrected chi connectivity index (χ0v) is 12.0. The van der Waals surface area contributed by atoms with E-state index >= 15 is 0 Å². The van der Waals surface area contributed by atoms with E-state index < -0.39 is 6.29 Å². The van der Waals surface area contributed by atoms with Gasteiger partial charge in [0.2, 0.25) is 6.29 Å².